The summed E-state index contributed by atoms with van der Waals surface area (Å²) in [5.41, 5.74) is 0.309. The summed E-state index contributed by atoms with van der Waals surface area (Å²) in [5.74, 6) is -0.720. The molecule has 0 aliphatic heterocycles. The van der Waals surface area contributed by atoms with Crippen molar-refractivity contribution < 1.29 is 19.2 Å². The fraction of sp³-hybridized carbons (Fsp3) is 0.500. The molecule has 24 heavy (non-hydrogen) atoms. The topological polar surface area (TPSA) is 102 Å². The van der Waals surface area contributed by atoms with Crippen LogP contribution in [0.1, 0.15) is 30.6 Å². The summed E-state index contributed by atoms with van der Waals surface area (Å²) in [6.07, 6.45) is 0.829. The van der Waals surface area contributed by atoms with E-state index in [-0.39, 0.29) is 11.3 Å². The molecule has 0 aromatic heterocycles. The van der Waals surface area contributed by atoms with E-state index in [1.54, 1.807) is 19.0 Å². The maximum atomic E-state index is 12.2. The Morgan fingerprint density at radius 3 is 2.54 bits per heavy atom. The molecule has 0 radical (unpaired) electrons. The molecule has 0 spiro atoms. The van der Waals surface area contributed by atoms with Gasteiger partial charge in [-0.05, 0) is 18.4 Å². The summed E-state index contributed by atoms with van der Waals surface area (Å²) < 4.78 is 4.97. The minimum absolute atomic E-state index is 0.0455. The number of non-ortho nitro benzene ring substituents is 1. The second kappa shape index (κ2) is 8.85. The van der Waals surface area contributed by atoms with Gasteiger partial charge in [-0.2, -0.15) is 0 Å². The second-order valence-corrected chi connectivity index (χ2v) is 5.96. The molecule has 8 heteroatoms. The first-order chi connectivity index (χ1) is 11.2. The number of nitro benzene ring substituents is 1. The van der Waals surface area contributed by atoms with E-state index in [1.807, 2.05) is 13.8 Å². The minimum atomic E-state index is -0.776. The third kappa shape index (κ3) is 5.86. The van der Waals surface area contributed by atoms with Gasteiger partial charge in [0.1, 0.15) is 0 Å². The van der Waals surface area contributed by atoms with Crippen LogP contribution in [-0.2, 0) is 9.53 Å². The number of rotatable bonds is 8. The third-order valence-corrected chi connectivity index (χ3v) is 3.27. The van der Waals surface area contributed by atoms with Gasteiger partial charge in [-0.1, -0.05) is 13.8 Å². The lowest BCUT2D eigenvalue weighted by Crippen LogP contribution is -2.30. The summed E-state index contributed by atoms with van der Waals surface area (Å²) in [6, 6.07) is 3.93. The molecule has 1 aromatic carbocycles. The zero-order chi connectivity index (χ0) is 18.3. The molecule has 0 saturated carbocycles. The Hall–Kier alpha value is -2.64. The number of hydrogen-bond donors (Lipinski definition) is 1. The van der Waals surface area contributed by atoms with Crippen molar-refractivity contribution in [3.05, 3.63) is 33.9 Å². The summed E-state index contributed by atoms with van der Waals surface area (Å²) in [4.78, 5) is 35.8. The smallest absolute Gasteiger partial charge is 0.341 e. The molecule has 0 aliphatic carbocycles. The molecule has 132 valence electrons. The SMILES string of the molecule is CC(C)CCNC(=O)COC(=O)c1cc([N+](=O)[O-])ccc1N(C)C. The van der Waals surface area contributed by atoms with Gasteiger partial charge in [-0.15, -0.1) is 0 Å². The quantitative estimate of drug-likeness (QED) is 0.442. The lowest BCUT2D eigenvalue weighted by molar-refractivity contribution is -0.384. The number of nitrogens with one attached hydrogen (secondary N) is 1. The number of nitrogens with zero attached hydrogens (tertiary/aromatic N) is 2. The Morgan fingerprint density at radius 2 is 2.00 bits per heavy atom. The Kier molecular flexibility index (Phi) is 7.16. The van der Waals surface area contributed by atoms with E-state index >= 15 is 0 Å². The molecule has 0 unspecified atom stereocenters. The highest BCUT2D eigenvalue weighted by molar-refractivity contribution is 5.97. The Bertz CT molecular complexity index is 614. The lowest BCUT2D eigenvalue weighted by Gasteiger charge is -2.16. The van der Waals surface area contributed by atoms with Crippen molar-refractivity contribution in [2.24, 2.45) is 5.92 Å². The maximum absolute atomic E-state index is 12.2. The number of carbonyl (C=O) groups excluding carboxylic acids is 2. The van der Waals surface area contributed by atoms with Gasteiger partial charge in [-0.3, -0.25) is 14.9 Å². The maximum Gasteiger partial charge on any atom is 0.341 e. The monoisotopic (exact) mass is 337 g/mol. The molecule has 0 bridgehead atoms. The van der Waals surface area contributed by atoms with E-state index in [9.17, 15) is 19.7 Å². The van der Waals surface area contributed by atoms with Crippen molar-refractivity contribution in [2.45, 2.75) is 20.3 Å². The average molecular weight is 337 g/mol. The Labute approximate surface area is 140 Å². The van der Waals surface area contributed by atoms with Gasteiger partial charge in [-0.25, -0.2) is 4.79 Å². The van der Waals surface area contributed by atoms with Gasteiger partial charge >= 0.3 is 5.97 Å². The number of anilines is 1. The molecule has 8 nitrogen and oxygen atoms in total. The summed E-state index contributed by atoms with van der Waals surface area (Å²) in [6.45, 7) is 4.16. The molecule has 0 heterocycles. The second-order valence-electron chi connectivity index (χ2n) is 5.96. The standard InChI is InChI=1S/C16H23N3O5/c1-11(2)7-8-17-15(20)10-24-16(21)13-9-12(19(22)23)5-6-14(13)18(3)4/h5-6,9,11H,7-8,10H2,1-4H3,(H,17,20). The van der Waals surface area contributed by atoms with Crippen molar-refractivity contribution in [3.63, 3.8) is 0 Å². The van der Waals surface area contributed by atoms with Crippen molar-refractivity contribution >= 4 is 23.3 Å². The highest BCUT2D eigenvalue weighted by Crippen LogP contribution is 2.24. The van der Waals surface area contributed by atoms with Crippen LogP contribution in [-0.4, -0.2) is 44.0 Å². The van der Waals surface area contributed by atoms with Gasteiger partial charge in [0.25, 0.3) is 11.6 Å². The Morgan fingerprint density at radius 1 is 1.33 bits per heavy atom. The van der Waals surface area contributed by atoms with Crippen LogP contribution in [0.15, 0.2) is 18.2 Å². The van der Waals surface area contributed by atoms with Crippen molar-refractivity contribution in [2.75, 3.05) is 32.1 Å². The molecular weight excluding hydrogens is 314 g/mol. The highest BCUT2D eigenvalue weighted by Gasteiger charge is 2.20. The van der Waals surface area contributed by atoms with E-state index in [2.05, 4.69) is 5.32 Å². The van der Waals surface area contributed by atoms with Crippen LogP contribution >= 0.6 is 0 Å². The number of amides is 1. The van der Waals surface area contributed by atoms with Crippen LogP contribution in [0.4, 0.5) is 11.4 Å². The van der Waals surface area contributed by atoms with Crippen LogP contribution in [0, 0.1) is 16.0 Å². The van der Waals surface area contributed by atoms with Gasteiger partial charge in [0.15, 0.2) is 6.61 Å². The summed E-state index contributed by atoms with van der Waals surface area (Å²) >= 11 is 0. The minimum Gasteiger partial charge on any atom is -0.452 e. The van der Waals surface area contributed by atoms with E-state index in [4.69, 9.17) is 4.74 Å². The van der Waals surface area contributed by atoms with Gasteiger partial charge < -0.3 is 15.0 Å². The zero-order valence-corrected chi connectivity index (χ0v) is 14.4. The molecule has 1 N–H and O–H groups in total. The summed E-state index contributed by atoms with van der Waals surface area (Å²) in [7, 11) is 3.41. The highest BCUT2D eigenvalue weighted by atomic mass is 16.6. The molecule has 0 atom stereocenters. The number of esters is 1. The number of carbonyl (C=O) groups is 2. The van der Waals surface area contributed by atoms with E-state index in [0.29, 0.717) is 18.2 Å². The molecular formula is C16H23N3O5. The van der Waals surface area contributed by atoms with E-state index < -0.39 is 23.4 Å². The van der Waals surface area contributed by atoms with Crippen LogP contribution in [0.3, 0.4) is 0 Å². The Balaban J connectivity index is 2.74. The number of nitro groups is 1. The van der Waals surface area contributed by atoms with E-state index in [1.165, 1.54) is 12.1 Å². The van der Waals surface area contributed by atoms with Gasteiger partial charge in [0, 0.05) is 32.8 Å². The first-order valence-corrected chi connectivity index (χ1v) is 7.62. The molecule has 1 amide bonds. The fourth-order valence-electron chi connectivity index (χ4n) is 1.95. The van der Waals surface area contributed by atoms with Crippen LogP contribution in [0.5, 0.6) is 0 Å². The summed E-state index contributed by atoms with van der Waals surface area (Å²) in [5, 5.41) is 13.5. The van der Waals surface area contributed by atoms with Crippen LogP contribution < -0.4 is 10.2 Å². The van der Waals surface area contributed by atoms with Gasteiger partial charge in [0.2, 0.25) is 0 Å². The van der Waals surface area contributed by atoms with Crippen LogP contribution in [0.2, 0.25) is 0 Å². The normalized spacial score (nSPS) is 10.4. The lowest BCUT2D eigenvalue weighted by atomic mass is 10.1. The number of ether oxygens (including phenoxy) is 1. The predicted molar refractivity (Wildman–Crippen MR) is 90.2 cm³/mol. The first kappa shape index (κ1) is 19.4. The predicted octanol–water partition coefficient (Wildman–Crippen LogP) is 1.98. The number of benzene rings is 1. The van der Waals surface area contributed by atoms with Crippen molar-refractivity contribution in [3.8, 4) is 0 Å². The number of hydrogen-bond acceptors (Lipinski definition) is 6. The van der Waals surface area contributed by atoms with Crippen LogP contribution in [0.25, 0.3) is 0 Å². The molecule has 1 aromatic rings. The van der Waals surface area contributed by atoms with Gasteiger partial charge in [0.05, 0.1) is 16.2 Å². The fourth-order valence-corrected chi connectivity index (χ4v) is 1.95. The molecule has 1 rings (SSSR count). The van der Waals surface area contributed by atoms with E-state index in [0.717, 1.165) is 12.5 Å². The largest absolute Gasteiger partial charge is 0.452 e. The van der Waals surface area contributed by atoms with Crippen molar-refractivity contribution in [1.29, 1.82) is 0 Å². The zero-order valence-electron chi connectivity index (χ0n) is 14.4. The van der Waals surface area contributed by atoms with Crippen molar-refractivity contribution in [1.82, 2.24) is 5.32 Å². The molecule has 0 aliphatic rings. The molecule has 0 fully saturated rings. The third-order valence-electron chi connectivity index (χ3n) is 3.27. The molecule has 0 saturated heterocycles. The average Bonchev–Trinajstić information content (AvgIpc) is 2.51. The first-order valence-electron chi connectivity index (χ1n) is 7.62.